The van der Waals surface area contributed by atoms with Crippen LogP contribution in [-0.2, 0) is 31.3 Å². The maximum atomic E-state index is 13.8. The topological polar surface area (TPSA) is 385 Å². The Labute approximate surface area is 499 Å². The number of rotatable bonds is 9. The number of phenols is 2. The first-order chi connectivity index (χ1) is 34.7. The van der Waals surface area contributed by atoms with Gasteiger partial charge in [-0.3, -0.25) is 9.59 Å². The number of ketones is 2. The molecule has 1 aliphatic carbocycles. The number of azo groups is 4. The Morgan fingerprint density at radius 3 is 1.59 bits per heavy atom. The minimum Gasteiger partial charge on any atom is -0.744 e. The summed E-state index contributed by atoms with van der Waals surface area (Å²) in [6.45, 7) is 1.66. The van der Waals surface area contributed by atoms with Crippen molar-refractivity contribution in [2.24, 2.45) is 40.9 Å². The van der Waals surface area contributed by atoms with Gasteiger partial charge in [0.25, 0.3) is 0 Å². The van der Waals surface area contributed by atoms with Crippen LogP contribution >= 0.6 is 0 Å². The molecule has 366 valence electrons. The van der Waals surface area contributed by atoms with Crippen molar-refractivity contribution < 1.29 is 147 Å². The summed E-state index contributed by atoms with van der Waals surface area (Å²) in [5.74, 6) is -1.51. The van der Waals surface area contributed by atoms with Crippen molar-refractivity contribution in [1.82, 2.24) is 0 Å². The number of fused-ring (bicyclic) bond motifs is 4. The van der Waals surface area contributed by atoms with Crippen LogP contribution in [0.5, 0.6) is 11.5 Å². The number of hydrogen-bond acceptors (Lipinski definition) is 23. The van der Waals surface area contributed by atoms with Crippen molar-refractivity contribution in [1.29, 1.82) is 0 Å². The maximum Gasteiger partial charge on any atom is 1.00 e. The Morgan fingerprint density at radius 1 is 0.539 bits per heavy atom. The van der Waals surface area contributed by atoms with E-state index in [0.717, 1.165) is 6.07 Å². The van der Waals surface area contributed by atoms with Crippen molar-refractivity contribution in [2.45, 2.75) is 11.8 Å². The molecule has 0 aromatic heterocycles. The molecule has 0 saturated heterocycles. The van der Waals surface area contributed by atoms with Gasteiger partial charge in [0.15, 0.2) is 17.3 Å². The Kier molecular flexibility index (Phi) is 21.9. The average Bonchev–Trinajstić information content (AvgIpc) is 3.34. The number of aryl methyl sites for hydroxylation is 1. The van der Waals surface area contributed by atoms with E-state index in [0.29, 0.717) is 27.7 Å². The molecule has 0 unspecified atom stereocenters. The average molecular weight is 1110 g/mol. The summed E-state index contributed by atoms with van der Waals surface area (Å²) in [6, 6.07) is 36.5. The number of anilines is 2. The molecule has 0 fully saturated rings. The van der Waals surface area contributed by atoms with Gasteiger partial charge in [0.2, 0.25) is 0 Å². The molecule has 8 aromatic rings. The van der Waals surface area contributed by atoms with E-state index in [1.807, 2.05) is 12.1 Å². The number of nitrogen functional groups attached to an aromatic ring is 2. The van der Waals surface area contributed by atoms with Gasteiger partial charge in [-0.25, -0.2) is 8.42 Å². The quantitative estimate of drug-likeness (QED) is 0.0511. The molecular formula is C47H29N10Na3O13S3. The van der Waals surface area contributed by atoms with Crippen LogP contribution in [0.4, 0.5) is 56.9 Å². The fourth-order valence-corrected chi connectivity index (χ4v) is 7.85. The molecule has 76 heavy (non-hydrogen) atoms. The van der Waals surface area contributed by atoms with Crippen LogP contribution in [0.1, 0.15) is 37.4 Å². The van der Waals surface area contributed by atoms with Crippen molar-refractivity contribution in [3.05, 3.63) is 161 Å². The van der Waals surface area contributed by atoms with E-state index in [9.17, 15) is 32.8 Å². The number of benzene rings is 8. The third-order valence-electron chi connectivity index (χ3n) is 10.4. The number of nitrogens with two attached hydrogens (primary N) is 2. The second-order valence-corrected chi connectivity index (χ2v) is 17.1. The Bertz CT molecular complexity index is 4060. The van der Waals surface area contributed by atoms with E-state index in [1.54, 1.807) is 43.3 Å². The zero-order valence-electron chi connectivity index (χ0n) is 39.9. The van der Waals surface area contributed by atoms with Crippen LogP contribution < -0.4 is 100 Å². The van der Waals surface area contributed by atoms with Gasteiger partial charge in [-0.2, -0.15) is 62.0 Å². The smallest absolute Gasteiger partial charge is 0.744 e. The molecule has 29 heteroatoms. The summed E-state index contributed by atoms with van der Waals surface area (Å²) >= 11 is 0. The number of aromatic hydroxyl groups is 2. The molecule has 6 N–H and O–H groups in total. The monoisotopic (exact) mass is 1110 g/mol. The first kappa shape index (κ1) is 61.9. The summed E-state index contributed by atoms with van der Waals surface area (Å²) < 4.78 is 85.9. The number of carbonyl (C=O) groups excluding carboxylic acids is 2. The molecule has 9 rings (SSSR count). The molecular weight excluding hydrogens is 1080 g/mol. The first-order valence-electron chi connectivity index (χ1n) is 20.3. The van der Waals surface area contributed by atoms with Gasteiger partial charge in [0.1, 0.15) is 21.5 Å². The molecule has 0 spiro atoms. The predicted molar refractivity (Wildman–Crippen MR) is 259 cm³/mol. The van der Waals surface area contributed by atoms with Crippen LogP contribution in [0, 0.1) is 19.1 Å². The molecule has 1 aliphatic rings. The summed E-state index contributed by atoms with van der Waals surface area (Å²) in [5.41, 5.74) is 15.3. The molecule has 0 radical (unpaired) electrons. The Morgan fingerprint density at radius 2 is 1.04 bits per heavy atom. The molecule has 0 aliphatic heterocycles. The molecule has 0 atom stereocenters. The fraction of sp³-hybridized carbons (Fsp3) is 0.0213. The number of nitrogens with zero attached hydrogens (tertiary/aromatic N) is 8. The van der Waals surface area contributed by atoms with E-state index in [4.69, 9.17) is 36.7 Å². The molecule has 0 bridgehead atoms. The second kappa shape index (κ2) is 26.9. The number of carbonyl (C=O) groups is 2. The van der Waals surface area contributed by atoms with Gasteiger partial charge in [0.05, 0.1) is 27.3 Å². The van der Waals surface area contributed by atoms with Gasteiger partial charge in [0, 0.05) is 56.1 Å². The van der Waals surface area contributed by atoms with Crippen molar-refractivity contribution >= 4 is 121 Å². The summed E-state index contributed by atoms with van der Waals surface area (Å²) in [4.78, 5) is 27.0. The standard InChI is InChI=1S/C47H30N10O7S.3Na.2O3S/c1-24-21-33-37(54-55-38-9-5-6-10-40(38)65(62,63)64)20-17-35(49)42(33)47(61)43(24)57-52-27-12-14-29-32(23-27)45(59)28-13-11-26(22-31(28)44(29)58)51-56-39-18-15-30-36(19-16-34(48)41(30)46(39)60)53-50-25-7-3-2-4-8-25;;;;2*1-4(2)3/h2-7,9-17,19-23,60-61H,48-49H2,1H3,(H,62,63,64);;;;;/q-2;3*+1;;/p-1. The Balaban J connectivity index is 0.00000106. The van der Waals surface area contributed by atoms with Crippen LogP contribution in [0.25, 0.3) is 21.5 Å². The first-order valence-corrected chi connectivity index (χ1v) is 23.7. The summed E-state index contributed by atoms with van der Waals surface area (Å²) in [6.07, 6.45) is 0. The largest absolute Gasteiger partial charge is 1.00 e. The summed E-state index contributed by atoms with van der Waals surface area (Å²) in [7, 11) is -11.1. The van der Waals surface area contributed by atoms with E-state index in [-0.39, 0.29) is 179 Å². The fourth-order valence-electron chi connectivity index (χ4n) is 7.24. The molecule has 0 saturated carbocycles. The van der Waals surface area contributed by atoms with E-state index < -0.39 is 47.8 Å². The van der Waals surface area contributed by atoms with E-state index in [1.165, 1.54) is 66.7 Å². The van der Waals surface area contributed by atoms with Gasteiger partial charge in [-0.15, -0.1) is 46.7 Å². The zero-order chi connectivity index (χ0) is 52.7. The third kappa shape index (κ3) is 14.4. The molecule has 0 amide bonds. The number of hydrogen-bond donors (Lipinski definition) is 4. The van der Waals surface area contributed by atoms with Gasteiger partial charge >= 0.3 is 110 Å². The summed E-state index contributed by atoms with van der Waals surface area (Å²) in [5, 5.41) is 57.5. The molecule has 8 aromatic carbocycles. The minimum absolute atomic E-state index is 0. The molecule has 23 nitrogen and oxygen atoms in total. The van der Waals surface area contributed by atoms with Crippen molar-refractivity contribution in [2.75, 3.05) is 11.5 Å². The van der Waals surface area contributed by atoms with Gasteiger partial charge in [-0.05, 0) is 97.0 Å². The Hall–Kier alpha value is -6.63. The minimum atomic E-state index is -4.83. The van der Waals surface area contributed by atoms with Crippen LogP contribution in [0.3, 0.4) is 0 Å². The van der Waals surface area contributed by atoms with E-state index >= 15 is 0 Å². The van der Waals surface area contributed by atoms with Gasteiger partial charge < -0.3 is 26.2 Å². The second-order valence-electron chi connectivity index (χ2n) is 14.9. The van der Waals surface area contributed by atoms with Crippen molar-refractivity contribution in [3.63, 3.8) is 0 Å². The number of phenolic OH excluding ortho intramolecular Hbond substituents is 2. The van der Waals surface area contributed by atoms with Gasteiger partial charge in [-0.1, -0.05) is 22.9 Å². The van der Waals surface area contributed by atoms with E-state index in [2.05, 4.69) is 53.0 Å². The zero-order valence-corrected chi connectivity index (χ0v) is 48.3. The maximum absolute atomic E-state index is 13.8. The van der Waals surface area contributed by atoms with Crippen LogP contribution in [0.15, 0.2) is 167 Å². The van der Waals surface area contributed by atoms with Crippen molar-refractivity contribution in [3.8, 4) is 11.5 Å². The SMILES string of the molecule is Cc1cc2c(N=Nc3ccccc3S(=O)(=O)[O-])ccc(N)c2c(O)c1N=Nc1ccc2c(c1)C(=O)c1ccc(N=Nc3[c-]cc4c(N=Nc5[c-]cccc5)ccc(N)c4c3O)cc1C2=O.O=S(=O)=O.O=S(=O)=O.[Na+].[Na+].[Na+]. The molecule has 0 heterocycles. The van der Waals surface area contributed by atoms with Crippen LogP contribution in [0.2, 0.25) is 0 Å². The van der Waals surface area contributed by atoms with Crippen LogP contribution in [-0.4, -0.2) is 60.0 Å². The third-order valence-corrected chi connectivity index (χ3v) is 11.3. The normalized spacial score (nSPS) is 11.7. The predicted octanol–water partition coefficient (Wildman–Crippen LogP) is 0.822.